The van der Waals surface area contributed by atoms with Gasteiger partial charge in [0, 0.05) is 10.6 Å². The van der Waals surface area contributed by atoms with Gasteiger partial charge >= 0.3 is 5.97 Å². The zero-order chi connectivity index (χ0) is 12.7. The van der Waals surface area contributed by atoms with Crippen molar-refractivity contribution in [2.24, 2.45) is 0 Å². The number of halogens is 1. The van der Waals surface area contributed by atoms with Crippen molar-refractivity contribution < 1.29 is 14.3 Å². The Bertz CT molecular complexity index is 438. The third-order valence-electron chi connectivity index (χ3n) is 2.04. The Labute approximate surface area is 105 Å². The van der Waals surface area contributed by atoms with Crippen molar-refractivity contribution in [1.82, 2.24) is 0 Å². The summed E-state index contributed by atoms with van der Waals surface area (Å²) in [5.41, 5.74) is 1.26. The van der Waals surface area contributed by atoms with E-state index in [1.807, 2.05) is 0 Å². The lowest BCUT2D eigenvalue weighted by molar-refractivity contribution is -0.142. The highest BCUT2D eigenvalue weighted by atomic mass is 35.5. The molecule has 1 rings (SSSR count). The van der Waals surface area contributed by atoms with Crippen LogP contribution in [0.2, 0.25) is 5.02 Å². The molecule has 0 aliphatic rings. The van der Waals surface area contributed by atoms with Crippen molar-refractivity contribution in [2.45, 2.75) is 13.3 Å². The van der Waals surface area contributed by atoms with Crippen LogP contribution in [-0.4, -0.2) is 18.9 Å². The van der Waals surface area contributed by atoms with Gasteiger partial charge in [0.15, 0.2) is 0 Å². The van der Waals surface area contributed by atoms with Crippen LogP contribution < -0.4 is 0 Å². The lowest BCUT2D eigenvalue weighted by Crippen LogP contribution is -2.01. The molecule has 4 heteroatoms. The number of aldehydes is 1. The van der Waals surface area contributed by atoms with Gasteiger partial charge < -0.3 is 4.74 Å². The van der Waals surface area contributed by atoms with Crippen LogP contribution in [0, 0.1) is 0 Å². The van der Waals surface area contributed by atoms with Gasteiger partial charge in [-0.05, 0) is 24.6 Å². The standard InChI is InChI=1S/C13H13ClO3/c1-2-17-13(16)5-3-4-11-8-10(9-15)6-7-12(11)14/h3-4,6-9H,2,5H2,1H3. The number of carbonyl (C=O) groups excluding carboxylic acids is 2. The van der Waals surface area contributed by atoms with Gasteiger partial charge in [-0.3, -0.25) is 9.59 Å². The van der Waals surface area contributed by atoms with E-state index in [0.717, 1.165) is 6.29 Å². The summed E-state index contributed by atoms with van der Waals surface area (Å²) in [6.07, 6.45) is 4.30. The second-order valence-electron chi connectivity index (χ2n) is 3.31. The first-order chi connectivity index (χ1) is 8.17. The Morgan fingerprint density at radius 3 is 2.88 bits per heavy atom. The Balaban J connectivity index is 2.70. The van der Waals surface area contributed by atoms with Crippen LogP contribution in [0.1, 0.15) is 29.3 Å². The molecule has 0 N–H and O–H groups in total. The van der Waals surface area contributed by atoms with Crippen molar-refractivity contribution >= 4 is 29.9 Å². The molecule has 0 saturated carbocycles. The summed E-state index contributed by atoms with van der Waals surface area (Å²) >= 11 is 5.95. The second-order valence-corrected chi connectivity index (χ2v) is 3.72. The molecule has 1 aromatic carbocycles. The molecule has 0 radical (unpaired) electrons. The first-order valence-electron chi connectivity index (χ1n) is 5.24. The molecule has 90 valence electrons. The monoisotopic (exact) mass is 252 g/mol. The minimum absolute atomic E-state index is 0.190. The van der Waals surface area contributed by atoms with E-state index in [4.69, 9.17) is 16.3 Å². The van der Waals surface area contributed by atoms with Crippen LogP contribution in [0.3, 0.4) is 0 Å². The van der Waals surface area contributed by atoms with Gasteiger partial charge in [-0.1, -0.05) is 29.8 Å². The maximum absolute atomic E-state index is 11.1. The molecule has 0 spiro atoms. The minimum atomic E-state index is -0.286. The third-order valence-corrected chi connectivity index (χ3v) is 2.39. The number of hydrogen-bond donors (Lipinski definition) is 0. The maximum Gasteiger partial charge on any atom is 0.309 e. The minimum Gasteiger partial charge on any atom is -0.466 e. The molecular formula is C13H13ClO3. The molecular weight excluding hydrogens is 240 g/mol. The highest BCUT2D eigenvalue weighted by Gasteiger charge is 2.00. The molecule has 0 aliphatic heterocycles. The Morgan fingerprint density at radius 1 is 1.47 bits per heavy atom. The van der Waals surface area contributed by atoms with Crippen LogP contribution >= 0.6 is 11.6 Å². The van der Waals surface area contributed by atoms with Crippen molar-refractivity contribution in [3.05, 3.63) is 40.4 Å². The fraction of sp³-hybridized carbons (Fsp3) is 0.231. The zero-order valence-electron chi connectivity index (χ0n) is 9.48. The van der Waals surface area contributed by atoms with Gasteiger partial charge in [-0.25, -0.2) is 0 Å². The van der Waals surface area contributed by atoms with Gasteiger partial charge in [0.05, 0.1) is 13.0 Å². The first kappa shape index (κ1) is 13.5. The summed E-state index contributed by atoms with van der Waals surface area (Å²) in [6.45, 7) is 2.13. The Morgan fingerprint density at radius 2 is 2.24 bits per heavy atom. The lowest BCUT2D eigenvalue weighted by atomic mass is 10.1. The number of ether oxygens (including phenoxy) is 1. The average Bonchev–Trinajstić information content (AvgIpc) is 2.32. The Kier molecular flexibility index (Phi) is 5.43. The largest absolute Gasteiger partial charge is 0.466 e. The van der Waals surface area contributed by atoms with Gasteiger partial charge in [-0.15, -0.1) is 0 Å². The van der Waals surface area contributed by atoms with Crippen LogP contribution in [0.25, 0.3) is 6.08 Å². The molecule has 0 amide bonds. The molecule has 0 saturated heterocycles. The van der Waals surface area contributed by atoms with Crippen molar-refractivity contribution in [3.8, 4) is 0 Å². The average molecular weight is 253 g/mol. The molecule has 0 aromatic heterocycles. The lowest BCUT2D eigenvalue weighted by Gasteiger charge is -2.00. The number of benzene rings is 1. The summed E-state index contributed by atoms with van der Waals surface area (Å²) in [5.74, 6) is -0.286. The summed E-state index contributed by atoms with van der Waals surface area (Å²) in [7, 11) is 0. The van der Waals surface area contributed by atoms with E-state index in [1.54, 1.807) is 37.3 Å². The SMILES string of the molecule is CCOC(=O)CC=Cc1cc(C=O)ccc1Cl. The van der Waals surface area contributed by atoms with E-state index < -0.39 is 0 Å². The summed E-state index contributed by atoms with van der Waals surface area (Å²) in [4.78, 5) is 21.7. The number of rotatable bonds is 5. The van der Waals surface area contributed by atoms with Crippen LogP contribution in [0.4, 0.5) is 0 Å². The molecule has 0 unspecified atom stereocenters. The van der Waals surface area contributed by atoms with E-state index >= 15 is 0 Å². The van der Waals surface area contributed by atoms with Gasteiger partial charge in [0.1, 0.15) is 6.29 Å². The van der Waals surface area contributed by atoms with Gasteiger partial charge in [-0.2, -0.15) is 0 Å². The first-order valence-corrected chi connectivity index (χ1v) is 5.62. The molecule has 17 heavy (non-hydrogen) atoms. The third kappa shape index (κ3) is 4.41. The molecule has 0 bridgehead atoms. The number of carbonyl (C=O) groups is 2. The highest BCUT2D eigenvalue weighted by Crippen LogP contribution is 2.18. The van der Waals surface area contributed by atoms with Crippen LogP contribution in [0.5, 0.6) is 0 Å². The highest BCUT2D eigenvalue weighted by molar-refractivity contribution is 6.32. The number of hydrogen-bond acceptors (Lipinski definition) is 3. The second kappa shape index (κ2) is 6.86. The quantitative estimate of drug-likeness (QED) is 0.597. The summed E-state index contributed by atoms with van der Waals surface area (Å²) < 4.78 is 4.78. The van der Waals surface area contributed by atoms with E-state index in [2.05, 4.69) is 0 Å². The fourth-order valence-corrected chi connectivity index (χ4v) is 1.45. The predicted molar refractivity (Wildman–Crippen MR) is 67.1 cm³/mol. The van der Waals surface area contributed by atoms with Crippen LogP contribution in [0.15, 0.2) is 24.3 Å². The fourth-order valence-electron chi connectivity index (χ4n) is 1.27. The molecule has 0 heterocycles. The molecule has 0 aliphatic carbocycles. The molecule has 0 atom stereocenters. The van der Waals surface area contributed by atoms with Gasteiger partial charge in [0.25, 0.3) is 0 Å². The van der Waals surface area contributed by atoms with Crippen molar-refractivity contribution in [2.75, 3.05) is 6.61 Å². The number of esters is 1. The van der Waals surface area contributed by atoms with Crippen molar-refractivity contribution in [3.63, 3.8) is 0 Å². The Hall–Kier alpha value is -1.61. The van der Waals surface area contributed by atoms with Crippen LogP contribution in [-0.2, 0) is 9.53 Å². The van der Waals surface area contributed by atoms with E-state index in [-0.39, 0.29) is 12.4 Å². The normalized spacial score (nSPS) is 10.5. The van der Waals surface area contributed by atoms with Gasteiger partial charge in [0.2, 0.25) is 0 Å². The van der Waals surface area contributed by atoms with Crippen molar-refractivity contribution in [1.29, 1.82) is 0 Å². The van der Waals surface area contributed by atoms with E-state index in [0.29, 0.717) is 22.8 Å². The summed E-state index contributed by atoms with van der Waals surface area (Å²) in [5, 5.41) is 0.538. The predicted octanol–water partition coefficient (Wildman–Crippen LogP) is 3.12. The molecule has 3 nitrogen and oxygen atoms in total. The topological polar surface area (TPSA) is 43.4 Å². The van der Waals surface area contributed by atoms with E-state index in [1.165, 1.54) is 0 Å². The molecule has 1 aromatic rings. The zero-order valence-corrected chi connectivity index (χ0v) is 10.2. The summed E-state index contributed by atoms with van der Waals surface area (Å²) in [6, 6.07) is 4.95. The molecule has 0 fully saturated rings. The maximum atomic E-state index is 11.1. The smallest absolute Gasteiger partial charge is 0.309 e. The van der Waals surface area contributed by atoms with E-state index in [9.17, 15) is 9.59 Å².